The second kappa shape index (κ2) is 5.23. The fourth-order valence-electron chi connectivity index (χ4n) is 1.48. The fraction of sp³-hybridized carbons (Fsp3) is 0.462. The van der Waals surface area contributed by atoms with E-state index >= 15 is 0 Å². The van der Waals surface area contributed by atoms with Crippen LogP contribution in [0.1, 0.15) is 20.8 Å². The number of aromatic nitrogens is 1. The highest BCUT2D eigenvalue weighted by molar-refractivity contribution is 7.22. The van der Waals surface area contributed by atoms with E-state index in [0.717, 1.165) is 26.9 Å². The zero-order chi connectivity index (χ0) is 12.4. The molecule has 0 aliphatic heterocycles. The lowest BCUT2D eigenvalue weighted by Crippen LogP contribution is -2.15. The van der Waals surface area contributed by atoms with E-state index in [0.29, 0.717) is 11.8 Å². The van der Waals surface area contributed by atoms with Crippen LogP contribution >= 0.6 is 22.9 Å². The van der Waals surface area contributed by atoms with Crippen LogP contribution in [-0.2, 0) is 0 Å². The standard InChI is InChI=1S/C13H17ClN2S/c1-8(2)9(3)7-15-13-16-11-6-4-5-10(14)12(11)17-13/h4-6,8-9H,7H2,1-3H3,(H,15,16). The van der Waals surface area contributed by atoms with E-state index < -0.39 is 0 Å². The molecule has 4 heteroatoms. The lowest BCUT2D eigenvalue weighted by molar-refractivity contribution is 0.440. The molecule has 0 spiro atoms. The SMILES string of the molecule is CC(C)C(C)CNc1nc2cccc(Cl)c2s1. The molecule has 1 aromatic carbocycles. The Morgan fingerprint density at radius 2 is 2.12 bits per heavy atom. The Kier molecular flexibility index (Phi) is 3.89. The molecule has 1 atom stereocenters. The van der Waals surface area contributed by atoms with Gasteiger partial charge in [-0.3, -0.25) is 0 Å². The first-order chi connectivity index (χ1) is 8.08. The average Bonchev–Trinajstić information content (AvgIpc) is 2.70. The first-order valence-electron chi connectivity index (χ1n) is 5.87. The van der Waals surface area contributed by atoms with Crippen LogP contribution in [0.15, 0.2) is 18.2 Å². The van der Waals surface area contributed by atoms with Crippen molar-refractivity contribution in [1.29, 1.82) is 0 Å². The van der Waals surface area contributed by atoms with Crippen molar-refractivity contribution in [2.24, 2.45) is 11.8 Å². The molecule has 0 saturated heterocycles. The summed E-state index contributed by atoms with van der Waals surface area (Å²) in [5, 5.41) is 5.13. The Labute approximate surface area is 111 Å². The Morgan fingerprint density at radius 3 is 2.76 bits per heavy atom. The quantitative estimate of drug-likeness (QED) is 0.873. The lowest BCUT2D eigenvalue weighted by Gasteiger charge is -2.15. The number of fused-ring (bicyclic) bond motifs is 1. The van der Waals surface area contributed by atoms with E-state index in [-0.39, 0.29) is 0 Å². The molecule has 0 aliphatic carbocycles. The molecule has 92 valence electrons. The largest absolute Gasteiger partial charge is 0.361 e. The Bertz CT molecular complexity index is 507. The molecule has 2 rings (SSSR count). The summed E-state index contributed by atoms with van der Waals surface area (Å²) in [7, 11) is 0. The molecule has 0 bridgehead atoms. The first kappa shape index (κ1) is 12.7. The number of nitrogens with zero attached hydrogens (tertiary/aromatic N) is 1. The van der Waals surface area contributed by atoms with Gasteiger partial charge in [-0.25, -0.2) is 4.98 Å². The summed E-state index contributed by atoms with van der Waals surface area (Å²) in [6.07, 6.45) is 0. The van der Waals surface area contributed by atoms with Gasteiger partial charge < -0.3 is 5.32 Å². The minimum Gasteiger partial charge on any atom is -0.361 e. The van der Waals surface area contributed by atoms with Crippen LogP contribution in [0.4, 0.5) is 5.13 Å². The van der Waals surface area contributed by atoms with Crippen molar-refractivity contribution in [3.05, 3.63) is 23.2 Å². The maximum Gasteiger partial charge on any atom is 0.183 e. The number of halogens is 1. The first-order valence-corrected chi connectivity index (χ1v) is 7.06. The van der Waals surface area contributed by atoms with Gasteiger partial charge in [0.2, 0.25) is 0 Å². The smallest absolute Gasteiger partial charge is 0.183 e. The molecule has 2 nitrogen and oxygen atoms in total. The van der Waals surface area contributed by atoms with Gasteiger partial charge in [-0.1, -0.05) is 49.8 Å². The Balaban J connectivity index is 2.12. The van der Waals surface area contributed by atoms with Crippen molar-refractivity contribution in [2.45, 2.75) is 20.8 Å². The van der Waals surface area contributed by atoms with Crippen molar-refractivity contribution in [2.75, 3.05) is 11.9 Å². The van der Waals surface area contributed by atoms with Gasteiger partial charge in [-0.2, -0.15) is 0 Å². The van der Waals surface area contributed by atoms with E-state index in [2.05, 4.69) is 31.1 Å². The van der Waals surface area contributed by atoms with Crippen LogP contribution in [-0.4, -0.2) is 11.5 Å². The zero-order valence-electron chi connectivity index (χ0n) is 10.3. The Morgan fingerprint density at radius 1 is 1.35 bits per heavy atom. The van der Waals surface area contributed by atoms with Gasteiger partial charge in [-0.05, 0) is 24.0 Å². The second-order valence-electron chi connectivity index (χ2n) is 4.71. The van der Waals surface area contributed by atoms with Crippen LogP contribution in [0.5, 0.6) is 0 Å². The van der Waals surface area contributed by atoms with E-state index in [1.54, 1.807) is 11.3 Å². The highest BCUT2D eigenvalue weighted by Crippen LogP contribution is 2.31. The van der Waals surface area contributed by atoms with E-state index in [1.165, 1.54) is 0 Å². The molecule has 1 aromatic heterocycles. The van der Waals surface area contributed by atoms with Crippen LogP contribution in [0.25, 0.3) is 10.2 Å². The highest BCUT2D eigenvalue weighted by atomic mass is 35.5. The monoisotopic (exact) mass is 268 g/mol. The predicted octanol–water partition coefficient (Wildman–Crippen LogP) is 4.65. The molecular formula is C13H17ClN2S. The van der Waals surface area contributed by atoms with E-state index in [1.807, 2.05) is 18.2 Å². The van der Waals surface area contributed by atoms with Gasteiger partial charge in [-0.15, -0.1) is 0 Å². The summed E-state index contributed by atoms with van der Waals surface area (Å²) in [5.41, 5.74) is 0.974. The third-order valence-electron chi connectivity index (χ3n) is 3.08. The van der Waals surface area contributed by atoms with Gasteiger partial charge in [0.25, 0.3) is 0 Å². The minimum atomic E-state index is 0.637. The van der Waals surface area contributed by atoms with Crippen molar-refractivity contribution in [1.82, 2.24) is 4.98 Å². The molecule has 0 saturated carbocycles. The minimum absolute atomic E-state index is 0.637. The average molecular weight is 269 g/mol. The van der Waals surface area contributed by atoms with Crippen LogP contribution < -0.4 is 5.32 Å². The highest BCUT2D eigenvalue weighted by Gasteiger charge is 2.09. The maximum atomic E-state index is 6.13. The van der Waals surface area contributed by atoms with Crippen molar-refractivity contribution in [3.63, 3.8) is 0 Å². The van der Waals surface area contributed by atoms with E-state index in [4.69, 9.17) is 11.6 Å². The van der Waals surface area contributed by atoms with Crippen LogP contribution in [0.2, 0.25) is 5.02 Å². The molecule has 1 heterocycles. The van der Waals surface area contributed by atoms with Gasteiger partial charge >= 0.3 is 0 Å². The number of nitrogens with one attached hydrogen (secondary N) is 1. The normalized spacial score (nSPS) is 13.2. The summed E-state index contributed by atoms with van der Waals surface area (Å²) in [6.45, 7) is 7.68. The summed E-state index contributed by atoms with van der Waals surface area (Å²) in [6, 6.07) is 5.84. The molecule has 0 aliphatic rings. The van der Waals surface area contributed by atoms with Gasteiger partial charge in [0, 0.05) is 6.54 Å². The summed E-state index contributed by atoms with van der Waals surface area (Å²) in [4.78, 5) is 4.53. The molecule has 1 unspecified atom stereocenters. The second-order valence-corrected chi connectivity index (χ2v) is 6.12. The molecule has 0 fully saturated rings. The van der Waals surface area contributed by atoms with Crippen molar-refractivity contribution in [3.8, 4) is 0 Å². The van der Waals surface area contributed by atoms with Gasteiger partial charge in [0.1, 0.15) is 0 Å². The predicted molar refractivity (Wildman–Crippen MR) is 77.1 cm³/mol. The third kappa shape index (κ3) is 2.90. The Hall–Kier alpha value is -0.800. The van der Waals surface area contributed by atoms with Gasteiger partial charge in [0.05, 0.1) is 15.2 Å². The number of hydrogen-bond donors (Lipinski definition) is 1. The molecule has 2 aromatic rings. The summed E-state index contributed by atoms with van der Waals surface area (Å²) in [5.74, 6) is 1.32. The molecule has 0 amide bonds. The lowest BCUT2D eigenvalue weighted by atomic mass is 9.98. The maximum absolute atomic E-state index is 6.13. The van der Waals surface area contributed by atoms with Crippen molar-refractivity contribution < 1.29 is 0 Å². The van der Waals surface area contributed by atoms with Gasteiger partial charge in [0.15, 0.2) is 5.13 Å². The molecular weight excluding hydrogens is 252 g/mol. The molecule has 17 heavy (non-hydrogen) atoms. The fourth-order valence-corrected chi connectivity index (χ4v) is 2.64. The number of thiazole rings is 1. The molecule has 1 N–H and O–H groups in total. The molecule has 0 radical (unpaired) electrons. The number of hydrogen-bond acceptors (Lipinski definition) is 3. The van der Waals surface area contributed by atoms with Crippen LogP contribution in [0.3, 0.4) is 0 Å². The topological polar surface area (TPSA) is 24.9 Å². The van der Waals surface area contributed by atoms with Crippen molar-refractivity contribution >= 4 is 38.3 Å². The van der Waals surface area contributed by atoms with E-state index in [9.17, 15) is 0 Å². The third-order valence-corrected chi connectivity index (χ3v) is 4.57. The van der Waals surface area contributed by atoms with Crippen LogP contribution in [0, 0.1) is 11.8 Å². The number of benzene rings is 1. The number of anilines is 1. The zero-order valence-corrected chi connectivity index (χ0v) is 11.9. The number of rotatable bonds is 4. The summed E-state index contributed by atoms with van der Waals surface area (Å²) < 4.78 is 1.06. The summed E-state index contributed by atoms with van der Waals surface area (Å²) >= 11 is 7.75.